The highest BCUT2D eigenvalue weighted by atomic mass is 32.2. The molecule has 0 bridgehead atoms. The Morgan fingerprint density at radius 1 is 1.06 bits per heavy atom. The molecule has 3 aromatic rings. The molecule has 0 atom stereocenters. The summed E-state index contributed by atoms with van der Waals surface area (Å²) in [4.78, 5) is 25.0. The van der Waals surface area contributed by atoms with Gasteiger partial charge >= 0.3 is 0 Å². The fraction of sp³-hybridized carbons (Fsp3) is 0.304. The number of carbonyl (C=O) groups is 2. The molecule has 0 aliphatic carbocycles. The molecule has 1 heterocycles. The number of ether oxygens (including phenoxy) is 1. The molecule has 9 heteroatoms. The Kier molecular flexibility index (Phi) is 7.88. The second kappa shape index (κ2) is 10.8. The van der Waals surface area contributed by atoms with Crippen LogP contribution in [0.25, 0.3) is 0 Å². The number of amides is 2. The summed E-state index contributed by atoms with van der Waals surface area (Å²) in [5, 5.41) is 14.6. The van der Waals surface area contributed by atoms with Crippen LogP contribution in [0.3, 0.4) is 0 Å². The molecule has 32 heavy (non-hydrogen) atoms. The largest absolute Gasteiger partial charge is 0.495 e. The van der Waals surface area contributed by atoms with Gasteiger partial charge in [-0.2, -0.15) is 0 Å². The number of anilines is 2. The van der Waals surface area contributed by atoms with Gasteiger partial charge in [-0.1, -0.05) is 49.0 Å². The van der Waals surface area contributed by atoms with E-state index in [1.165, 1.54) is 11.8 Å². The van der Waals surface area contributed by atoms with E-state index in [0.29, 0.717) is 22.4 Å². The first kappa shape index (κ1) is 23.3. The first-order valence-corrected chi connectivity index (χ1v) is 11.2. The van der Waals surface area contributed by atoms with Crippen molar-refractivity contribution >= 4 is 35.0 Å². The number of para-hydroxylation sites is 3. The van der Waals surface area contributed by atoms with E-state index in [1.807, 2.05) is 37.3 Å². The van der Waals surface area contributed by atoms with E-state index in [0.717, 1.165) is 23.2 Å². The maximum absolute atomic E-state index is 12.5. The van der Waals surface area contributed by atoms with Gasteiger partial charge < -0.3 is 19.9 Å². The summed E-state index contributed by atoms with van der Waals surface area (Å²) < 4.78 is 6.98. The molecule has 0 radical (unpaired) electrons. The van der Waals surface area contributed by atoms with Gasteiger partial charge in [0, 0.05) is 12.7 Å². The van der Waals surface area contributed by atoms with Crippen molar-refractivity contribution in [3.05, 3.63) is 59.4 Å². The number of benzene rings is 2. The average molecular weight is 454 g/mol. The molecule has 3 rings (SSSR count). The Morgan fingerprint density at radius 2 is 1.84 bits per heavy atom. The van der Waals surface area contributed by atoms with Crippen molar-refractivity contribution in [2.75, 3.05) is 23.5 Å². The first-order valence-electron chi connectivity index (χ1n) is 10.2. The molecule has 8 nitrogen and oxygen atoms in total. The van der Waals surface area contributed by atoms with E-state index >= 15 is 0 Å². The van der Waals surface area contributed by atoms with E-state index < -0.39 is 0 Å². The number of thioether (sulfide) groups is 1. The molecule has 0 aliphatic heterocycles. The zero-order valence-electron chi connectivity index (χ0n) is 18.6. The van der Waals surface area contributed by atoms with Crippen LogP contribution in [0, 0.1) is 6.92 Å². The minimum Gasteiger partial charge on any atom is -0.495 e. The lowest BCUT2D eigenvalue weighted by Crippen LogP contribution is -2.18. The molecule has 0 saturated carbocycles. The van der Waals surface area contributed by atoms with Crippen LogP contribution in [0.5, 0.6) is 5.75 Å². The Balaban J connectivity index is 1.58. The van der Waals surface area contributed by atoms with Gasteiger partial charge in [0.2, 0.25) is 11.8 Å². The van der Waals surface area contributed by atoms with Crippen LogP contribution in [0.1, 0.15) is 23.9 Å². The lowest BCUT2D eigenvalue weighted by atomic mass is 10.1. The topological polar surface area (TPSA) is 98.1 Å². The summed E-state index contributed by atoms with van der Waals surface area (Å²) in [5.41, 5.74) is 3.60. The zero-order chi connectivity index (χ0) is 23.1. The number of carbonyl (C=O) groups excluding carboxylic acids is 2. The second-order valence-electron chi connectivity index (χ2n) is 7.18. The van der Waals surface area contributed by atoms with Gasteiger partial charge in [-0.25, -0.2) is 0 Å². The quantitative estimate of drug-likeness (QED) is 0.481. The number of nitrogens with zero attached hydrogens (tertiary/aromatic N) is 3. The number of aromatic nitrogens is 3. The summed E-state index contributed by atoms with van der Waals surface area (Å²) in [6, 6.07) is 13.2. The van der Waals surface area contributed by atoms with E-state index in [2.05, 4.69) is 27.8 Å². The second-order valence-corrected chi connectivity index (χ2v) is 8.12. The summed E-state index contributed by atoms with van der Waals surface area (Å²) in [6.45, 7) is 4.04. The molecule has 2 aromatic carbocycles. The van der Waals surface area contributed by atoms with Gasteiger partial charge in [0.15, 0.2) is 5.16 Å². The SMILES string of the molecule is CCc1cccc(C)c1NC(=O)CSc1nnc(CC(=O)Nc2ccccc2OC)n1C. The third-order valence-electron chi connectivity index (χ3n) is 4.96. The Labute approximate surface area is 191 Å². The predicted octanol–water partition coefficient (Wildman–Crippen LogP) is 3.61. The van der Waals surface area contributed by atoms with Crippen LogP contribution < -0.4 is 15.4 Å². The standard InChI is InChI=1S/C23H27N5O3S/c1-5-16-10-8-9-15(2)22(16)25-21(30)14-32-23-27-26-19(28(23)3)13-20(29)24-17-11-6-7-12-18(17)31-4/h6-12H,5,13-14H2,1-4H3,(H,24,29)(H,25,30). The molecular weight excluding hydrogens is 426 g/mol. The molecule has 0 saturated heterocycles. The number of hydrogen-bond acceptors (Lipinski definition) is 6. The summed E-state index contributed by atoms with van der Waals surface area (Å²) in [7, 11) is 3.33. The number of aryl methyl sites for hydroxylation is 2. The van der Waals surface area contributed by atoms with Gasteiger partial charge in [-0.3, -0.25) is 9.59 Å². The van der Waals surface area contributed by atoms with Gasteiger partial charge in [0.25, 0.3) is 0 Å². The Morgan fingerprint density at radius 3 is 2.59 bits per heavy atom. The van der Waals surface area contributed by atoms with Gasteiger partial charge in [-0.15, -0.1) is 10.2 Å². The third-order valence-corrected chi connectivity index (χ3v) is 5.98. The first-order chi connectivity index (χ1) is 15.4. The highest BCUT2D eigenvalue weighted by Gasteiger charge is 2.16. The lowest BCUT2D eigenvalue weighted by Gasteiger charge is -2.12. The number of hydrogen-bond donors (Lipinski definition) is 2. The van der Waals surface area contributed by atoms with Crippen molar-refractivity contribution in [2.45, 2.75) is 31.8 Å². The fourth-order valence-electron chi connectivity index (χ4n) is 3.22. The Bertz CT molecular complexity index is 1110. The Hall–Kier alpha value is -3.33. The maximum atomic E-state index is 12.5. The van der Waals surface area contributed by atoms with Gasteiger partial charge in [-0.05, 0) is 36.6 Å². The van der Waals surface area contributed by atoms with Gasteiger partial charge in [0.05, 0.1) is 25.0 Å². The molecule has 2 amide bonds. The van der Waals surface area contributed by atoms with E-state index in [4.69, 9.17) is 4.74 Å². The minimum absolute atomic E-state index is 0.0530. The lowest BCUT2D eigenvalue weighted by molar-refractivity contribution is -0.116. The molecular formula is C23H27N5O3S. The molecule has 168 valence electrons. The van der Waals surface area contributed by atoms with E-state index in [1.54, 1.807) is 30.9 Å². The van der Waals surface area contributed by atoms with Crippen molar-refractivity contribution < 1.29 is 14.3 Å². The molecule has 2 N–H and O–H groups in total. The van der Waals surface area contributed by atoms with Crippen LogP contribution in [-0.4, -0.2) is 39.4 Å². The van der Waals surface area contributed by atoms with Gasteiger partial charge in [0.1, 0.15) is 11.6 Å². The van der Waals surface area contributed by atoms with Crippen LogP contribution in [0.4, 0.5) is 11.4 Å². The molecule has 0 unspecified atom stereocenters. The van der Waals surface area contributed by atoms with Crippen molar-refractivity contribution in [3.8, 4) is 5.75 Å². The molecule has 0 aliphatic rings. The monoisotopic (exact) mass is 453 g/mol. The van der Waals surface area contributed by atoms with Crippen molar-refractivity contribution in [1.82, 2.24) is 14.8 Å². The summed E-state index contributed by atoms with van der Waals surface area (Å²) in [5.74, 6) is 0.938. The minimum atomic E-state index is -0.231. The number of methoxy groups -OCH3 is 1. The van der Waals surface area contributed by atoms with E-state index in [9.17, 15) is 9.59 Å². The zero-order valence-corrected chi connectivity index (χ0v) is 19.5. The molecule has 1 aromatic heterocycles. The van der Waals surface area contributed by atoms with Crippen LogP contribution >= 0.6 is 11.8 Å². The summed E-state index contributed by atoms with van der Waals surface area (Å²) in [6.07, 6.45) is 0.894. The van der Waals surface area contributed by atoms with Crippen molar-refractivity contribution in [2.24, 2.45) is 7.05 Å². The third kappa shape index (κ3) is 5.67. The number of rotatable bonds is 9. The predicted molar refractivity (Wildman–Crippen MR) is 126 cm³/mol. The van der Waals surface area contributed by atoms with E-state index in [-0.39, 0.29) is 24.0 Å². The highest BCUT2D eigenvalue weighted by Crippen LogP contribution is 2.24. The normalized spacial score (nSPS) is 10.6. The smallest absolute Gasteiger partial charge is 0.234 e. The number of nitrogens with one attached hydrogen (secondary N) is 2. The maximum Gasteiger partial charge on any atom is 0.234 e. The molecule has 0 fully saturated rings. The highest BCUT2D eigenvalue weighted by molar-refractivity contribution is 7.99. The molecule has 0 spiro atoms. The van der Waals surface area contributed by atoms with Crippen molar-refractivity contribution in [1.29, 1.82) is 0 Å². The fourth-order valence-corrected chi connectivity index (χ4v) is 3.95. The van der Waals surface area contributed by atoms with Crippen LogP contribution in [0.15, 0.2) is 47.6 Å². The van der Waals surface area contributed by atoms with Crippen molar-refractivity contribution in [3.63, 3.8) is 0 Å². The average Bonchev–Trinajstić information content (AvgIpc) is 3.13. The summed E-state index contributed by atoms with van der Waals surface area (Å²) >= 11 is 1.28. The van der Waals surface area contributed by atoms with Crippen LogP contribution in [-0.2, 0) is 29.5 Å². The van der Waals surface area contributed by atoms with Crippen LogP contribution in [0.2, 0.25) is 0 Å².